The van der Waals surface area contributed by atoms with Crippen molar-refractivity contribution in [1.29, 1.82) is 0 Å². The number of rotatable bonds is 10. The maximum atomic E-state index is 13.4. The minimum atomic E-state index is -2.46. The van der Waals surface area contributed by atoms with Crippen molar-refractivity contribution in [1.82, 2.24) is 24.7 Å². The molecule has 1 unspecified atom stereocenters. The summed E-state index contributed by atoms with van der Waals surface area (Å²) in [5.41, 5.74) is 1.17. The number of alkyl halides is 2. The molecule has 0 aliphatic rings. The van der Waals surface area contributed by atoms with Crippen molar-refractivity contribution in [3.05, 3.63) is 94.5 Å². The van der Waals surface area contributed by atoms with Crippen LogP contribution in [-0.4, -0.2) is 43.0 Å². The number of ether oxygens (including phenoxy) is 1. The van der Waals surface area contributed by atoms with Crippen LogP contribution in [0.3, 0.4) is 0 Å². The molecule has 210 valence electrons. The van der Waals surface area contributed by atoms with Crippen molar-refractivity contribution in [2.24, 2.45) is 7.05 Å². The Morgan fingerprint density at radius 1 is 1.10 bits per heavy atom. The number of halogens is 3. The maximum Gasteiger partial charge on any atom is 0.240 e. The molecule has 5 aromatic rings. The number of Topliss-reactive ketones (excluding diaryl/α,β-unsaturated/α-hetero) is 1. The Labute approximate surface area is 232 Å². The van der Waals surface area contributed by atoms with Crippen LogP contribution in [-0.2, 0) is 13.5 Å². The third-order valence-corrected chi connectivity index (χ3v) is 6.32. The van der Waals surface area contributed by atoms with Gasteiger partial charge in [0.25, 0.3) is 0 Å². The van der Waals surface area contributed by atoms with Crippen LogP contribution in [0.2, 0.25) is 0 Å². The Hall–Kier alpha value is -5.00. The molecule has 0 radical (unpaired) electrons. The molecule has 0 spiro atoms. The minimum Gasteiger partial charge on any atom is -0.455 e. The lowest BCUT2D eigenvalue weighted by Crippen LogP contribution is -2.20. The highest BCUT2D eigenvalue weighted by atomic mass is 19.3. The van der Waals surface area contributed by atoms with E-state index in [0.29, 0.717) is 39.6 Å². The second-order valence-corrected chi connectivity index (χ2v) is 9.55. The zero-order valence-electron chi connectivity index (χ0n) is 22.1. The fourth-order valence-electron chi connectivity index (χ4n) is 4.37. The predicted octanol–water partition coefficient (Wildman–Crippen LogP) is 5.53. The van der Waals surface area contributed by atoms with Gasteiger partial charge in [-0.1, -0.05) is 12.1 Å². The Morgan fingerprint density at radius 2 is 1.88 bits per heavy atom. The van der Waals surface area contributed by atoms with Crippen LogP contribution < -0.4 is 15.5 Å². The third-order valence-electron chi connectivity index (χ3n) is 6.32. The van der Waals surface area contributed by atoms with Crippen molar-refractivity contribution >= 4 is 22.6 Å². The number of aryl methyl sites for hydroxylation is 1. The zero-order chi connectivity index (χ0) is 29.1. The summed E-state index contributed by atoms with van der Waals surface area (Å²) in [5, 5.41) is 10.3. The highest BCUT2D eigenvalue weighted by molar-refractivity contribution is 5.98. The van der Waals surface area contributed by atoms with Crippen LogP contribution in [0.4, 0.5) is 19.0 Å². The van der Waals surface area contributed by atoms with Crippen LogP contribution in [0.25, 0.3) is 22.2 Å². The van der Waals surface area contributed by atoms with Gasteiger partial charge >= 0.3 is 0 Å². The Kier molecular flexibility index (Phi) is 7.81. The van der Waals surface area contributed by atoms with E-state index in [1.807, 2.05) is 0 Å². The number of anilines is 1. The van der Waals surface area contributed by atoms with Gasteiger partial charge in [0.2, 0.25) is 6.43 Å². The number of aromatic nitrogens is 5. The van der Waals surface area contributed by atoms with Gasteiger partial charge in [0, 0.05) is 55.4 Å². The summed E-state index contributed by atoms with van der Waals surface area (Å²) in [6, 6.07) is 9.80. The Balaban J connectivity index is 1.33. The number of carbonyl (C=O) groups excluding carboxylic acids is 1. The monoisotopic (exact) mass is 562 g/mol. The first-order chi connectivity index (χ1) is 19.7. The van der Waals surface area contributed by atoms with Crippen molar-refractivity contribution in [2.45, 2.75) is 32.2 Å². The highest BCUT2D eigenvalue weighted by Gasteiger charge is 2.19. The molecule has 0 bridgehead atoms. The van der Waals surface area contributed by atoms with Gasteiger partial charge in [-0.3, -0.25) is 19.7 Å². The molecule has 1 atom stereocenters. The highest BCUT2D eigenvalue weighted by Crippen LogP contribution is 2.33. The molecule has 2 N–H and O–H groups in total. The van der Waals surface area contributed by atoms with E-state index in [0.717, 1.165) is 0 Å². The second kappa shape index (κ2) is 11.6. The van der Waals surface area contributed by atoms with Gasteiger partial charge in [-0.2, -0.15) is 5.10 Å². The van der Waals surface area contributed by atoms with Gasteiger partial charge in [0.1, 0.15) is 22.7 Å². The van der Waals surface area contributed by atoms with Gasteiger partial charge in [-0.15, -0.1) is 0 Å². The van der Waals surface area contributed by atoms with E-state index in [2.05, 4.69) is 25.5 Å². The number of aromatic amines is 1. The normalized spacial score (nSPS) is 12.0. The minimum absolute atomic E-state index is 0.00307. The van der Waals surface area contributed by atoms with E-state index in [1.54, 1.807) is 42.9 Å². The van der Waals surface area contributed by atoms with Crippen molar-refractivity contribution in [3.63, 3.8) is 0 Å². The first kappa shape index (κ1) is 27.6. The molecule has 0 saturated heterocycles. The summed E-state index contributed by atoms with van der Waals surface area (Å²) >= 11 is 0. The van der Waals surface area contributed by atoms with Crippen molar-refractivity contribution in [2.75, 3.05) is 5.32 Å². The third kappa shape index (κ3) is 6.26. The van der Waals surface area contributed by atoms with Gasteiger partial charge in [0.15, 0.2) is 22.7 Å². The fraction of sp³-hybridized carbons (Fsp3) is 0.207. The number of ketones is 1. The molecule has 0 fully saturated rings. The van der Waals surface area contributed by atoms with E-state index in [9.17, 15) is 22.8 Å². The molecule has 0 amide bonds. The summed E-state index contributed by atoms with van der Waals surface area (Å²) in [6.45, 7) is 1.63. The van der Waals surface area contributed by atoms with Gasteiger partial charge in [-0.25, -0.2) is 18.2 Å². The molecule has 0 aliphatic heterocycles. The quantitative estimate of drug-likeness (QED) is 0.215. The number of fused-ring (bicyclic) bond motifs is 1. The number of carbonyl (C=O) groups is 1. The van der Waals surface area contributed by atoms with Crippen LogP contribution in [0.1, 0.15) is 29.4 Å². The largest absolute Gasteiger partial charge is 0.455 e. The average Bonchev–Trinajstić information content (AvgIpc) is 3.34. The maximum absolute atomic E-state index is 13.4. The summed E-state index contributed by atoms with van der Waals surface area (Å²) in [5.74, 6) is 0.221. The van der Waals surface area contributed by atoms with Crippen LogP contribution in [0.15, 0.2) is 72.0 Å². The number of hydrogen-bond acceptors (Lipinski definition) is 7. The Morgan fingerprint density at radius 3 is 2.59 bits per heavy atom. The van der Waals surface area contributed by atoms with E-state index in [4.69, 9.17) is 4.74 Å². The first-order valence-corrected chi connectivity index (χ1v) is 12.7. The summed E-state index contributed by atoms with van der Waals surface area (Å²) in [6.07, 6.45) is 3.07. The van der Waals surface area contributed by atoms with E-state index >= 15 is 0 Å². The number of hydrogen-bond donors (Lipinski definition) is 2. The molecular formula is C29H25F3N6O3. The van der Waals surface area contributed by atoms with Crippen LogP contribution in [0.5, 0.6) is 11.5 Å². The lowest BCUT2D eigenvalue weighted by Gasteiger charge is -2.13. The van der Waals surface area contributed by atoms with Gasteiger partial charge in [0.05, 0.1) is 18.2 Å². The summed E-state index contributed by atoms with van der Waals surface area (Å²) in [7, 11) is 1.70. The van der Waals surface area contributed by atoms with Crippen LogP contribution in [0, 0.1) is 5.82 Å². The molecule has 4 heterocycles. The van der Waals surface area contributed by atoms with Gasteiger partial charge < -0.3 is 14.6 Å². The topological polar surface area (TPSA) is 115 Å². The molecule has 4 aromatic heterocycles. The lowest BCUT2D eigenvalue weighted by atomic mass is 10.0. The SMILES string of the molecule is CC(CC(F)F)Nc1n[nH]c2nccc(Oc3ccc(CC(=O)c4cn(C)cc(-c5ccc(F)cc5)c4=O)nc3)c12. The smallest absolute Gasteiger partial charge is 0.240 e. The molecule has 0 aliphatic carbocycles. The van der Waals surface area contributed by atoms with Gasteiger partial charge in [-0.05, 0) is 36.8 Å². The molecule has 41 heavy (non-hydrogen) atoms. The molecule has 5 rings (SSSR count). The number of pyridine rings is 3. The standard InChI is InChI=1S/C29H25F3N6O3/c1-16(11-25(31)32)35-29-26-24(9-10-33-28(26)36-37-29)41-20-8-7-19(34-13-20)12-23(39)22-15-38(2)14-21(27(22)40)17-3-5-18(30)6-4-17/h3-10,13-16,25H,11-12H2,1-2H3,(H2,33,35,36,37). The molecule has 9 nitrogen and oxygen atoms in total. The predicted molar refractivity (Wildman–Crippen MR) is 147 cm³/mol. The number of H-pyrrole nitrogens is 1. The first-order valence-electron chi connectivity index (χ1n) is 12.7. The van der Waals surface area contributed by atoms with Crippen LogP contribution >= 0.6 is 0 Å². The van der Waals surface area contributed by atoms with Crippen molar-refractivity contribution < 1.29 is 22.7 Å². The number of nitrogens with one attached hydrogen (secondary N) is 2. The molecular weight excluding hydrogens is 537 g/mol. The zero-order valence-corrected chi connectivity index (χ0v) is 22.1. The van der Waals surface area contributed by atoms with E-state index in [-0.39, 0.29) is 24.0 Å². The number of benzene rings is 1. The summed E-state index contributed by atoms with van der Waals surface area (Å²) < 4.78 is 46.5. The van der Waals surface area contributed by atoms with E-state index < -0.39 is 29.5 Å². The molecule has 12 heteroatoms. The second-order valence-electron chi connectivity index (χ2n) is 9.55. The fourth-order valence-corrected chi connectivity index (χ4v) is 4.37. The van der Waals surface area contributed by atoms with Crippen molar-refractivity contribution in [3.8, 4) is 22.6 Å². The molecule has 0 saturated carbocycles. The number of nitrogens with zero attached hydrogens (tertiary/aromatic N) is 4. The summed E-state index contributed by atoms with van der Waals surface area (Å²) in [4.78, 5) is 34.7. The Bertz CT molecular complexity index is 1750. The average molecular weight is 563 g/mol. The lowest BCUT2D eigenvalue weighted by molar-refractivity contribution is 0.0990. The van der Waals surface area contributed by atoms with E-state index in [1.165, 1.54) is 42.9 Å². The molecule has 1 aromatic carbocycles.